The van der Waals surface area contributed by atoms with Gasteiger partial charge in [-0.15, -0.1) is 12.4 Å². The lowest BCUT2D eigenvalue weighted by molar-refractivity contribution is 0.254. The Morgan fingerprint density at radius 1 is 1.24 bits per heavy atom. The van der Waals surface area contributed by atoms with Gasteiger partial charge in [-0.2, -0.15) is 0 Å². The van der Waals surface area contributed by atoms with Crippen LogP contribution in [0.2, 0.25) is 0 Å². The van der Waals surface area contributed by atoms with Crippen LogP contribution in [-0.4, -0.2) is 38.3 Å². The zero-order valence-corrected chi connectivity index (χ0v) is 14.2. The number of halogens is 1. The first-order valence-electron chi connectivity index (χ1n) is 7.24. The number of nitrogens with two attached hydrogens (primary N) is 1. The molecule has 1 aromatic rings. The minimum atomic E-state index is 0. The number of ether oxygens (including phenoxy) is 2. The van der Waals surface area contributed by atoms with Gasteiger partial charge in [0.1, 0.15) is 0 Å². The van der Waals surface area contributed by atoms with Crippen molar-refractivity contribution < 1.29 is 9.47 Å². The molecule has 1 aliphatic rings. The van der Waals surface area contributed by atoms with Gasteiger partial charge in [0.15, 0.2) is 11.5 Å². The Balaban J connectivity index is 0.00000220. The summed E-state index contributed by atoms with van der Waals surface area (Å²) in [6.07, 6.45) is 1.20. The molecule has 4 nitrogen and oxygen atoms in total. The maximum absolute atomic E-state index is 5.80. The fourth-order valence-electron chi connectivity index (χ4n) is 3.02. The van der Waals surface area contributed by atoms with Crippen molar-refractivity contribution in [3.63, 3.8) is 0 Å². The van der Waals surface area contributed by atoms with Crippen LogP contribution >= 0.6 is 12.4 Å². The molecule has 1 fully saturated rings. The number of rotatable bonds is 5. The third-order valence-electron chi connectivity index (χ3n) is 4.34. The molecule has 120 valence electrons. The predicted octanol–water partition coefficient (Wildman–Crippen LogP) is 2.60. The van der Waals surface area contributed by atoms with Crippen molar-refractivity contribution in [2.75, 3.05) is 27.3 Å². The molecule has 0 spiro atoms. The van der Waals surface area contributed by atoms with Crippen LogP contribution in [0.1, 0.15) is 24.5 Å². The van der Waals surface area contributed by atoms with E-state index < -0.39 is 0 Å². The molecule has 1 heterocycles. The minimum absolute atomic E-state index is 0. The molecule has 0 radical (unpaired) electrons. The van der Waals surface area contributed by atoms with Crippen LogP contribution < -0.4 is 15.2 Å². The second-order valence-corrected chi connectivity index (χ2v) is 5.75. The quantitative estimate of drug-likeness (QED) is 0.907. The molecular formula is C16H27ClN2O2. The highest BCUT2D eigenvalue weighted by Gasteiger charge is 2.28. The summed E-state index contributed by atoms with van der Waals surface area (Å²) >= 11 is 0. The molecule has 2 rings (SSSR count). The van der Waals surface area contributed by atoms with Crippen LogP contribution in [0.5, 0.6) is 11.5 Å². The fourth-order valence-corrected chi connectivity index (χ4v) is 3.02. The average Bonchev–Trinajstić information content (AvgIpc) is 2.81. The van der Waals surface area contributed by atoms with Gasteiger partial charge in [-0.05, 0) is 56.0 Å². The van der Waals surface area contributed by atoms with Crippen LogP contribution in [0.4, 0.5) is 0 Å². The standard InChI is InChI=1S/C16H26N2O2.ClH/c1-11-5-15(19-3)16(20-4)7-14(11)10-18-9-13(8-17)6-12(18)2;/h5,7,12-13H,6,8-10,17H2,1-4H3;1H. The third-order valence-corrected chi connectivity index (χ3v) is 4.34. The number of benzene rings is 1. The monoisotopic (exact) mass is 314 g/mol. The Labute approximate surface area is 134 Å². The van der Waals surface area contributed by atoms with Crippen molar-refractivity contribution in [1.29, 1.82) is 0 Å². The first kappa shape index (κ1) is 18.1. The van der Waals surface area contributed by atoms with Crippen LogP contribution in [-0.2, 0) is 6.54 Å². The second-order valence-electron chi connectivity index (χ2n) is 5.75. The molecule has 21 heavy (non-hydrogen) atoms. The van der Waals surface area contributed by atoms with Gasteiger partial charge in [0.05, 0.1) is 14.2 Å². The lowest BCUT2D eigenvalue weighted by Crippen LogP contribution is -2.27. The van der Waals surface area contributed by atoms with Crippen LogP contribution in [0, 0.1) is 12.8 Å². The summed E-state index contributed by atoms with van der Waals surface area (Å²) in [7, 11) is 3.35. The molecule has 1 saturated heterocycles. The van der Waals surface area contributed by atoms with Gasteiger partial charge in [0.2, 0.25) is 0 Å². The summed E-state index contributed by atoms with van der Waals surface area (Å²) in [5, 5.41) is 0. The molecular weight excluding hydrogens is 288 g/mol. The Morgan fingerprint density at radius 3 is 2.38 bits per heavy atom. The third kappa shape index (κ3) is 4.02. The summed E-state index contributed by atoms with van der Waals surface area (Å²) < 4.78 is 10.7. The van der Waals surface area contributed by atoms with Gasteiger partial charge in [-0.1, -0.05) is 0 Å². The van der Waals surface area contributed by atoms with Crippen molar-refractivity contribution in [1.82, 2.24) is 4.90 Å². The molecule has 0 amide bonds. The predicted molar refractivity (Wildman–Crippen MR) is 88.6 cm³/mol. The van der Waals surface area contributed by atoms with Crippen molar-refractivity contribution >= 4 is 12.4 Å². The summed E-state index contributed by atoms with van der Waals surface area (Å²) in [6.45, 7) is 7.23. The fraction of sp³-hybridized carbons (Fsp3) is 0.625. The van der Waals surface area contributed by atoms with E-state index in [1.807, 2.05) is 0 Å². The van der Waals surface area contributed by atoms with Crippen molar-refractivity contribution in [3.8, 4) is 11.5 Å². The minimum Gasteiger partial charge on any atom is -0.493 e. The molecule has 0 bridgehead atoms. The Morgan fingerprint density at radius 2 is 1.86 bits per heavy atom. The van der Waals surface area contributed by atoms with Gasteiger partial charge in [-0.3, -0.25) is 4.90 Å². The van der Waals surface area contributed by atoms with Crippen molar-refractivity contribution in [2.24, 2.45) is 11.7 Å². The first-order valence-corrected chi connectivity index (χ1v) is 7.24. The second kappa shape index (κ2) is 7.87. The maximum atomic E-state index is 5.80. The molecule has 1 aliphatic heterocycles. The van der Waals surface area contributed by atoms with Gasteiger partial charge in [-0.25, -0.2) is 0 Å². The summed E-state index contributed by atoms with van der Waals surface area (Å²) in [6, 6.07) is 4.74. The topological polar surface area (TPSA) is 47.7 Å². The molecule has 2 unspecified atom stereocenters. The molecule has 0 saturated carbocycles. The lowest BCUT2D eigenvalue weighted by atomic mass is 10.1. The zero-order valence-electron chi connectivity index (χ0n) is 13.4. The van der Waals surface area contributed by atoms with Gasteiger partial charge in [0.25, 0.3) is 0 Å². The van der Waals surface area contributed by atoms with Crippen molar-refractivity contribution in [2.45, 2.75) is 32.9 Å². The normalized spacial score (nSPS) is 22.0. The van der Waals surface area contributed by atoms with E-state index in [4.69, 9.17) is 15.2 Å². The maximum Gasteiger partial charge on any atom is 0.161 e. The van der Waals surface area contributed by atoms with Gasteiger partial charge < -0.3 is 15.2 Å². The van der Waals surface area contributed by atoms with E-state index in [0.717, 1.165) is 31.1 Å². The van der Waals surface area contributed by atoms with E-state index in [1.54, 1.807) is 14.2 Å². The van der Waals surface area contributed by atoms with E-state index in [1.165, 1.54) is 17.5 Å². The highest BCUT2D eigenvalue weighted by atomic mass is 35.5. The highest BCUT2D eigenvalue weighted by molar-refractivity contribution is 5.85. The first-order chi connectivity index (χ1) is 9.58. The van der Waals surface area contributed by atoms with Crippen molar-refractivity contribution in [3.05, 3.63) is 23.3 Å². The highest BCUT2D eigenvalue weighted by Crippen LogP contribution is 2.32. The van der Waals surface area contributed by atoms with Gasteiger partial charge >= 0.3 is 0 Å². The zero-order chi connectivity index (χ0) is 14.7. The molecule has 2 N–H and O–H groups in total. The Bertz CT molecular complexity index is 468. The lowest BCUT2D eigenvalue weighted by Gasteiger charge is -2.23. The molecule has 0 aliphatic carbocycles. The number of hydrogen-bond acceptors (Lipinski definition) is 4. The number of methoxy groups -OCH3 is 2. The van der Waals surface area contributed by atoms with E-state index >= 15 is 0 Å². The SMILES string of the molecule is COc1cc(C)c(CN2CC(CN)CC2C)cc1OC.Cl. The van der Waals surface area contributed by atoms with E-state index in [-0.39, 0.29) is 12.4 Å². The summed E-state index contributed by atoms with van der Waals surface area (Å²) in [5.74, 6) is 2.23. The molecule has 1 aromatic carbocycles. The molecule has 5 heteroatoms. The molecule has 0 aromatic heterocycles. The summed E-state index contributed by atoms with van der Waals surface area (Å²) in [5.41, 5.74) is 8.34. The van der Waals surface area contributed by atoms with Gasteiger partial charge in [0, 0.05) is 19.1 Å². The largest absolute Gasteiger partial charge is 0.493 e. The Hall–Kier alpha value is -0.970. The van der Waals surface area contributed by atoms with E-state index in [0.29, 0.717) is 12.0 Å². The average molecular weight is 315 g/mol. The summed E-state index contributed by atoms with van der Waals surface area (Å²) in [4.78, 5) is 2.51. The smallest absolute Gasteiger partial charge is 0.161 e. The Kier molecular flexibility index (Phi) is 6.78. The number of aryl methyl sites for hydroxylation is 1. The van der Waals surface area contributed by atoms with E-state index in [2.05, 4.69) is 30.9 Å². The number of nitrogens with zero attached hydrogens (tertiary/aromatic N) is 1. The molecule has 2 atom stereocenters. The number of likely N-dealkylation sites (tertiary alicyclic amines) is 1. The van der Waals surface area contributed by atoms with Crippen LogP contribution in [0.15, 0.2) is 12.1 Å². The van der Waals surface area contributed by atoms with Crippen LogP contribution in [0.25, 0.3) is 0 Å². The van der Waals surface area contributed by atoms with Crippen LogP contribution in [0.3, 0.4) is 0 Å². The number of hydrogen-bond donors (Lipinski definition) is 1. The van der Waals surface area contributed by atoms with E-state index in [9.17, 15) is 0 Å².